The molecular weight excluding hydrogens is 262 g/mol. The summed E-state index contributed by atoms with van der Waals surface area (Å²) in [5, 5.41) is 3.16. The molecule has 0 radical (unpaired) electrons. The van der Waals surface area contributed by atoms with Crippen molar-refractivity contribution in [3.05, 3.63) is 29.8 Å². The number of aliphatic imine (C=N–C) groups is 1. The molecule has 0 fully saturated rings. The fourth-order valence-corrected chi connectivity index (χ4v) is 2.13. The van der Waals surface area contributed by atoms with Crippen molar-refractivity contribution in [1.82, 2.24) is 5.32 Å². The largest absolute Gasteiger partial charge is 0.494 e. The summed E-state index contributed by atoms with van der Waals surface area (Å²) in [6.07, 6.45) is 5.74. The van der Waals surface area contributed by atoms with Crippen LogP contribution < -0.4 is 15.8 Å². The van der Waals surface area contributed by atoms with Gasteiger partial charge in [0, 0.05) is 13.1 Å². The second-order valence-electron chi connectivity index (χ2n) is 5.05. The molecule has 0 heterocycles. The molecule has 0 amide bonds. The molecule has 0 aromatic heterocycles. The highest BCUT2D eigenvalue weighted by Gasteiger charge is 2.02. The van der Waals surface area contributed by atoms with E-state index in [1.54, 1.807) is 0 Å². The molecule has 0 aliphatic heterocycles. The highest BCUT2D eigenvalue weighted by molar-refractivity contribution is 5.77. The predicted molar refractivity (Wildman–Crippen MR) is 89.9 cm³/mol. The van der Waals surface area contributed by atoms with E-state index in [1.807, 2.05) is 25.1 Å². The molecule has 0 aliphatic rings. The van der Waals surface area contributed by atoms with Gasteiger partial charge in [-0.2, -0.15) is 0 Å². The Kier molecular flexibility index (Phi) is 9.09. The highest BCUT2D eigenvalue weighted by atomic mass is 16.5. The number of hydrogen-bond donors (Lipinski definition) is 2. The van der Waals surface area contributed by atoms with Crippen molar-refractivity contribution in [3.8, 4) is 5.75 Å². The fraction of sp³-hybridized carbons (Fsp3) is 0.588. The number of unbranched alkanes of at least 4 members (excludes halogenated alkanes) is 3. The summed E-state index contributed by atoms with van der Waals surface area (Å²) in [7, 11) is 0. The lowest BCUT2D eigenvalue weighted by atomic mass is 10.1. The van der Waals surface area contributed by atoms with Gasteiger partial charge in [-0.15, -0.1) is 0 Å². The first-order chi connectivity index (χ1) is 10.3. The van der Waals surface area contributed by atoms with Gasteiger partial charge in [-0.3, -0.25) is 4.99 Å². The molecule has 0 bridgehead atoms. The Morgan fingerprint density at radius 1 is 1.19 bits per heavy atom. The standard InChI is InChI=1S/C17H29N3O/c1-3-5-6-9-13-19-17(18)20-14-12-15-10-7-8-11-16(15)21-4-2/h7-8,10-11H,3-6,9,12-14H2,1-2H3,(H3,18,19,20). The summed E-state index contributed by atoms with van der Waals surface area (Å²) in [6.45, 7) is 6.48. The number of nitrogens with zero attached hydrogens (tertiary/aromatic N) is 1. The van der Waals surface area contributed by atoms with Gasteiger partial charge in [-0.05, 0) is 31.4 Å². The molecule has 0 saturated carbocycles. The fourth-order valence-electron chi connectivity index (χ4n) is 2.13. The van der Waals surface area contributed by atoms with E-state index in [2.05, 4.69) is 23.3 Å². The van der Waals surface area contributed by atoms with Gasteiger partial charge in [-0.1, -0.05) is 44.4 Å². The van der Waals surface area contributed by atoms with Crippen LogP contribution in [0, 0.1) is 0 Å². The zero-order chi connectivity index (χ0) is 15.3. The van der Waals surface area contributed by atoms with Crippen molar-refractivity contribution in [2.75, 3.05) is 19.7 Å². The van der Waals surface area contributed by atoms with Crippen LogP contribution in [-0.4, -0.2) is 25.7 Å². The van der Waals surface area contributed by atoms with Crippen molar-refractivity contribution in [2.24, 2.45) is 10.7 Å². The molecule has 4 nitrogen and oxygen atoms in total. The third-order valence-electron chi connectivity index (χ3n) is 3.27. The number of nitrogens with two attached hydrogens (primary N) is 1. The Morgan fingerprint density at radius 3 is 2.76 bits per heavy atom. The summed E-state index contributed by atoms with van der Waals surface area (Å²) in [6, 6.07) is 8.12. The van der Waals surface area contributed by atoms with E-state index in [1.165, 1.54) is 24.8 Å². The summed E-state index contributed by atoms with van der Waals surface area (Å²) < 4.78 is 5.61. The quantitative estimate of drug-likeness (QED) is 0.395. The number of ether oxygens (including phenoxy) is 1. The molecule has 1 aromatic rings. The normalized spacial score (nSPS) is 11.4. The molecule has 0 aliphatic carbocycles. The number of hydrogen-bond acceptors (Lipinski definition) is 2. The molecular formula is C17H29N3O. The SMILES string of the molecule is CCCCCCN=C(N)NCCc1ccccc1OCC. The highest BCUT2D eigenvalue weighted by Crippen LogP contribution is 2.17. The van der Waals surface area contributed by atoms with Crippen molar-refractivity contribution in [1.29, 1.82) is 0 Å². The Balaban J connectivity index is 2.27. The van der Waals surface area contributed by atoms with Crippen LogP contribution in [0.1, 0.15) is 45.1 Å². The molecule has 0 spiro atoms. The Hall–Kier alpha value is -1.71. The summed E-state index contributed by atoms with van der Waals surface area (Å²) in [5.41, 5.74) is 7.05. The first-order valence-electron chi connectivity index (χ1n) is 8.02. The van der Waals surface area contributed by atoms with Crippen molar-refractivity contribution >= 4 is 5.96 Å². The van der Waals surface area contributed by atoms with Gasteiger partial charge in [0.15, 0.2) is 5.96 Å². The van der Waals surface area contributed by atoms with Crippen LogP contribution in [0.2, 0.25) is 0 Å². The summed E-state index contributed by atoms with van der Waals surface area (Å²) in [4.78, 5) is 4.34. The second-order valence-corrected chi connectivity index (χ2v) is 5.05. The van der Waals surface area contributed by atoms with E-state index < -0.39 is 0 Å². The lowest BCUT2D eigenvalue weighted by molar-refractivity contribution is 0.336. The number of nitrogens with one attached hydrogen (secondary N) is 1. The molecule has 0 atom stereocenters. The molecule has 118 valence electrons. The van der Waals surface area contributed by atoms with Gasteiger partial charge < -0.3 is 15.8 Å². The second kappa shape index (κ2) is 11.0. The van der Waals surface area contributed by atoms with Gasteiger partial charge in [0.25, 0.3) is 0 Å². The van der Waals surface area contributed by atoms with E-state index in [0.29, 0.717) is 12.6 Å². The average Bonchev–Trinajstić information content (AvgIpc) is 2.49. The summed E-state index contributed by atoms with van der Waals surface area (Å²) in [5.74, 6) is 1.50. The maximum atomic E-state index is 5.86. The minimum Gasteiger partial charge on any atom is -0.494 e. The minimum absolute atomic E-state index is 0.542. The Labute approximate surface area is 128 Å². The van der Waals surface area contributed by atoms with Crippen LogP contribution in [0.15, 0.2) is 29.3 Å². The maximum Gasteiger partial charge on any atom is 0.188 e. The number of para-hydroxylation sites is 1. The smallest absolute Gasteiger partial charge is 0.188 e. The van der Waals surface area contributed by atoms with Gasteiger partial charge in [-0.25, -0.2) is 0 Å². The topological polar surface area (TPSA) is 59.6 Å². The molecule has 0 unspecified atom stereocenters. The molecule has 3 N–H and O–H groups in total. The van der Waals surface area contributed by atoms with Crippen LogP contribution in [0.4, 0.5) is 0 Å². The van der Waals surface area contributed by atoms with Crippen LogP contribution in [0.5, 0.6) is 5.75 Å². The monoisotopic (exact) mass is 291 g/mol. The van der Waals surface area contributed by atoms with E-state index in [4.69, 9.17) is 10.5 Å². The maximum absolute atomic E-state index is 5.86. The molecule has 0 saturated heterocycles. The van der Waals surface area contributed by atoms with E-state index in [9.17, 15) is 0 Å². The third-order valence-corrected chi connectivity index (χ3v) is 3.27. The Morgan fingerprint density at radius 2 is 2.00 bits per heavy atom. The number of rotatable bonds is 10. The van der Waals surface area contributed by atoms with Crippen molar-refractivity contribution in [2.45, 2.75) is 46.0 Å². The van der Waals surface area contributed by atoms with Crippen LogP contribution in [0.3, 0.4) is 0 Å². The van der Waals surface area contributed by atoms with Crippen molar-refractivity contribution in [3.63, 3.8) is 0 Å². The Bertz CT molecular complexity index is 418. The number of benzene rings is 1. The minimum atomic E-state index is 0.542. The average molecular weight is 291 g/mol. The molecule has 4 heteroatoms. The molecule has 21 heavy (non-hydrogen) atoms. The van der Waals surface area contributed by atoms with Gasteiger partial charge in [0.05, 0.1) is 6.61 Å². The van der Waals surface area contributed by atoms with Gasteiger partial charge in [0.2, 0.25) is 0 Å². The lowest BCUT2D eigenvalue weighted by Crippen LogP contribution is -2.33. The molecule has 1 rings (SSSR count). The van der Waals surface area contributed by atoms with Gasteiger partial charge >= 0.3 is 0 Å². The van der Waals surface area contributed by atoms with Crippen LogP contribution >= 0.6 is 0 Å². The molecule has 1 aromatic carbocycles. The predicted octanol–water partition coefficient (Wildman–Crippen LogP) is 3.11. The van der Waals surface area contributed by atoms with E-state index >= 15 is 0 Å². The number of guanidine groups is 1. The third kappa shape index (κ3) is 7.59. The summed E-state index contributed by atoms with van der Waals surface area (Å²) >= 11 is 0. The first kappa shape index (κ1) is 17.3. The van der Waals surface area contributed by atoms with E-state index in [-0.39, 0.29) is 0 Å². The zero-order valence-corrected chi connectivity index (χ0v) is 13.4. The zero-order valence-electron chi connectivity index (χ0n) is 13.4. The van der Waals surface area contributed by atoms with Crippen molar-refractivity contribution < 1.29 is 4.74 Å². The van der Waals surface area contributed by atoms with Crippen LogP contribution in [-0.2, 0) is 6.42 Å². The van der Waals surface area contributed by atoms with E-state index in [0.717, 1.165) is 31.7 Å². The lowest BCUT2D eigenvalue weighted by Gasteiger charge is -2.10. The van der Waals surface area contributed by atoms with Crippen LogP contribution in [0.25, 0.3) is 0 Å². The van der Waals surface area contributed by atoms with Gasteiger partial charge in [0.1, 0.15) is 5.75 Å². The first-order valence-corrected chi connectivity index (χ1v) is 8.02.